The van der Waals surface area contributed by atoms with Gasteiger partial charge in [-0.15, -0.1) is 0 Å². The molecular weight excluding hydrogens is 363 g/mol. The molecule has 1 heterocycles. The van der Waals surface area contributed by atoms with Crippen molar-refractivity contribution in [3.8, 4) is 0 Å². The second kappa shape index (κ2) is 7.10. The van der Waals surface area contributed by atoms with Gasteiger partial charge in [0.25, 0.3) is 0 Å². The van der Waals surface area contributed by atoms with Crippen LogP contribution >= 0.6 is 0 Å². The number of carbonyl (C=O) groups excluding carboxylic acids is 1. The number of aromatic amines is 2. The van der Waals surface area contributed by atoms with E-state index in [4.69, 9.17) is 0 Å². The van der Waals surface area contributed by atoms with Crippen LogP contribution in [0, 0.1) is 5.82 Å². The van der Waals surface area contributed by atoms with Gasteiger partial charge < -0.3 is 15.3 Å². The summed E-state index contributed by atoms with van der Waals surface area (Å²) in [4.78, 5) is 28.2. The maximum atomic E-state index is 12.8. The maximum Gasteiger partial charge on any atom is 0.323 e. The van der Waals surface area contributed by atoms with Crippen LogP contribution in [0.2, 0.25) is 0 Å². The SMILES string of the molecule is O=C(CCNS(=O)(=O)c1ccc(F)cc1)Nc1ccc2[nH]c(=O)[nH]c2c1. The van der Waals surface area contributed by atoms with E-state index in [0.29, 0.717) is 16.7 Å². The Bertz CT molecular complexity index is 1100. The molecule has 0 aliphatic heterocycles. The topological polar surface area (TPSA) is 124 Å². The first-order valence-corrected chi connectivity index (χ1v) is 9.09. The predicted octanol–water partition coefficient (Wildman–Crippen LogP) is 1.30. The van der Waals surface area contributed by atoms with Gasteiger partial charge in [0.2, 0.25) is 15.9 Å². The molecule has 26 heavy (non-hydrogen) atoms. The third kappa shape index (κ3) is 4.16. The van der Waals surface area contributed by atoms with E-state index in [1.54, 1.807) is 18.2 Å². The number of halogens is 1. The smallest absolute Gasteiger partial charge is 0.323 e. The van der Waals surface area contributed by atoms with E-state index in [1.807, 2.05) is 0 Å². The molecule has 0 atom stereocenters. The van der Waals surface area contributed by atoms with Crippen molar-refractivity contribution in [3.63, 3.8) is 0 Å². The fourth-order valence-corrected chi connectivity index (χ4v) is 3.36. The van der Waals surface area contributed by atoms with Crippen LogP contribution in [0.25, 0.3) is 11.0 Å². The van der Waals surface area contributed by atoms with Crippen LogP contribution in [0.1, 0.15) is 6.42 Å². The minimum Gasteiger partial charge on any atom is -0.326 e. The van der Waals surface area contributed by atoms with Crippen LogP contribution in [0.4, 0.5) is 10.1 Å². The minimum atomic E-state index is -3.81. The Morgan fingerprint density at radius 3 is 2.46 bits per heavy atom. The van der Waals surface area contributed by atoms with Crippen LogP contribution in [-0.2, 0) is 14.8 Å². The molecular formula is C16H15FN4O4S. The summed E-state index contributed by atoms with van der Waals surface area (Å²) in [5, 5.41) is 2.62. The molecule has 136 valence electrons. The molecule has 0 radical (unpaired) electrons. The van der Waals surface area contributed by atoms with Crippen molar-refractivity contribution in [2.24, 2.45) is 0 Å². The number of nitrogens with one attached hydrogen (secondary N) is 4. The number of benzene rings is 2. The number of fused-ring (bicyclic) bond motifs is 1. The first kappa shape index (κ1) is 17.8. The molecule has 10 heteroatoms. The monoisotopic (exact) mass is 378 g/mol. The zero-order chi connectivity index (χ0) is 18.7. The summed E-state index contributed by atoms with van der Waals surface area (Å²) in [6, 6.07) is 9.22. The van der Waals surface area contributed by atoms with E-state index in [0.717, 1.165) is 24.3 Å². The second-order valence-corrected chi connectivity index (χ2v) is 7.26. The highest BCUT2D eigenvalue weighted by Crippen LogP contribution is 2.14. The summed E-state index contributed by atoms with van der Waals surface area (Å²) in [6.07, 6.45) is -0.0951. The van der Waals surface area contributed by atoms with E-state index in [9.17, 15) is 22.4 Å². The van der Waals surface area contributed by atoms with Gasteiger partial charge in [-0.25, -0.2) is 22.3 Å². The molecule has 3 aromatic rings. The standard InChI is InChI=1S/C16H15FN4O4S/c17-10-1-4-12(5-2-10)26(24,25)18-8-7-15(22)19-11-3-6-13-14(9-11)21-16(23)20-13/h1-6,9,18H,7-8H2,(H,19,22)(H2,20,21,23). The summed E-state index contributed by atoms with van der Waals surface area (Å²) in [5.41, 5.74) is 1.28. The number of hydrogen-bond donors (Lipinski definition) is 4. The molecule has 1 aromatic heterocycles. The average molecular weight is 378 g/mol. The zero-order valence-electron chi connectivity index (χ0n) is 13.4. The van der Waals surface area contributed by atoms with E-state index in [-0.39, 0.29) is 23.6 Å². The first-order chi connectivity index (χ1) is 12.3. The Morgan fingerprint density at radius 2 is 1.73 bits per heavy atom. The molecule has 0 aliphatic rings. The molecule has 3 rings (SSSR count). The molecule has 8 nitrogen and oxygen atoms in total. The highest BCUT2D eigenvalue weighted by molar-refractivity contribution is 7.89. The van der Waals surface area contributed by atoms with Crippen molar-refractivity contribution < 1.29 is 17.6 Å². The summed E-state index contributed by atoms with van der Waals surface area (Å²) >= 11 is 0. The molecule has 4 N–H and O–H groups in total. The quantitative estimate of drug-likeness (QED) is 0.516. The lowest BCUT2D eigenvalue weighted by Crippen LogP contribution is -2.27. The number of rotatable bonds is 6. The Morgan fingerprint density at radius 1 is 1.04 bits per heavy atom. The van der Waals surface area contributed by atoms with Crippen molar-refractivity contribution in [2.75, 3.05) is 11.9 Å². The minimum absolute atomic E-state index is 0.0822. The molecule has 0 fully saturated rings. The van der Waals surface area contributed by atoms with Crippen molar-refractivity contribution in [1.29, 1.82) is 0 Å². The lowest BCUT2D eigenvalue weighted by atomic mass is 10.2. The molecule has 1 amide bonds. The molecule has 0 saturated carbocycles. The van der Waals surface area contributed by atoms with E-state index in [1.165, 1.54) is 0 Å². The van der Waals surface area contributed by atoms with E-state index < -0.39 is 21.7 Å². The summed E-state index contributed by atoms with van der Waals surface area (Å²) < 4.78 is 39.2. The van der Waals surface area contributed by atoms with E-state index >= 15 is 0 Å². The maximum absolute atomic E-state index is 12.8. The summed E-state index contributed by atoms with van der Waals surface area (Å²) in [6.45, 7) is -0.116. The molecule has 2 aromatic carbocycles. The molecule has 0 saturated heterocycles. The van der Waals surface area contributed by atoms with Gasteiger partial charge in [0, 0.05) is 18.7 Å². The van der Waals surface area contributed by atoms with Gasteiger partial charge in [-0.2, -0.15) is 0 Å². The van der Waals surface area contributed by atoms with Gasteiger partial charge in [-0.1, -0.05) is 0 Å². The highest BCUT2D eigenvalue weighted by atomic mass is 32.2. The zero-order valence-corrected chi connectivity index (χ0v) is 14.2. The number of H-pyrrole nitrogens is 2. The third-order valence-corrected chi connectivity index (χ3v) is 5.04. The van der Waals surface area contributed by atoms with Crippen LogP contribution in [0.15, 0.2) is 52.2 Å². The molecule has 0 unspecified atom stereocenters. The van der Waals surface area contributed by atoms with Crippen LogP contribution in [-0.4, -0.2) is 30.8 Å². The number of amides is 1. The fourth-order valence-electron chi connectivity index (χ4n) is 2.33. The number of hydrogen-bond acceptors (Lipinski definition) is 4. The van der Waals surface area contributed by atoms with Gasteiger partial charge >= 0.3 is 5.69 Å². The van der Waals surface area contributed by atoms with E-state index in [2.05, 4.69) is 20.0 Å². The van der Waals surface area contributed by atoms with Gasteiger partial charge in [-0.3, -0.25) is 4.79 Å². The number of sulfonamides is 1. The number of aromatic nitrogens is 2. The van der Waals surface area contributed by atoms with Crippen LogP contribution < -0.4 is 15.7 Å². The Balaban J connectivity index is 1.56. The Labute approximate surface area is 147 Å². The highest BCUT2D eigenvalue weighted by Gasteiger charge is 2.14. The van der Waals surface area contributed by atoms with Crippen molar-refractivity contribution in [2.45, 2.75) is 11.3 Å². The average Bonchev–Trinajstić information content (AvgIpc) is 2.94. The number of carbonyl (C=O) groups is 1. The molecule has 0 bridgehead atoms. The lowest BCUT2D eigenvalue weighted by Gasteiger charge is -2.08. The summed E-state index contributed by atoms with van der Waals surface area (Å²) in [5.74, 6) is -0.937. The van der Waals surface area contributed by atoms with Gasteiger partial charge in [0.05, 0.1) is 15.9 Å². The van der Waals surface area contributed by atoms with Crippen LogP contribution in [0.3, 0.4) is 0 Å². The molecule has 0 aliphatic carbocycles. The number of anilines is 1. The van der Waals surface area contributed by atoms with Gasteiger partial charge in [0.1, 0.15) is 5.82 Å². The predicted molar refractivity (Wildman–Crippen MR) is 93.8 cm³/mol. The lowest BCUT2D eigenvalue weighted by molar-refractivity contribution is -0.116. The third-order valence-electron chi connectivity index (χ3n) is 3.57. The summed E-state index contributed by atoms with van der Waals surface area (Å²) in [7, 11) is -3.81. The number of imidazole rings is 1. The molecule has 0 spiro atoms. The van der Waals surface area contributed by atoms with Crippen molar-refractivity contribution in [3.05, 3.63) is 58.8 Å². The second-order valence-electron chi connectivity index (χ2n) is 5.49. The largest absolute Gasteiger partial charge is 0.326 e. The Hall–Kier alpha value is -2.98. The van der Waals surface area contributed by atoms with Crippen LogP contribution in [0.5, 0.6) is 0 Å². The van der Waals surface area contributed by atoms with Crippen molar-refractivity contribution in [1.82, 2.24) is 14.7 Å². The first-order valence-electron chi connectivity index (χ1n) is 7.61. The Kier molecular flexibility index (Phi) is 4.87. The van der Waals surface area contributed by atoms with Gasteiger partial charge in [0.15, 0.2) is 0 Å². The van der Waals surface area contributed by atoms with Gasteiger partial charge in [-0.05, 0) is 42.5 Å². The fraction of sp³-hybridized carbons (Fsp3) is 0.125. The normalized spacial score (nSPS) is 11.6. The van der Waals surface area contributed by atoms with Crippen molar-refractivity contribution >= 4 is 32.7 Å².